The van der Waals surface area contributed by atoms with Gasteiger partial charge in [0.2, 0.25) is 0 Å². The first-order valence-electron chi connectivity index (χ1n) is 5.37. The van der Waals surface area contributed by atoms with Crippen LogP contribution in [0.2, 0.25) is 0 Å². The first-order chi connectivity index (χ1) is 8.19. The Balaban J connectivity index is 2.86. The van der Waals surface area contributed by atoms with E-state index in [4.69, 9.17) is 0 Å². The molecule has 0 atom stereocenters. The lowest BCUT2D eigenvalue weighted by atomic mass is 10.1. The second-order valence-electron chi connectivity index (χ2n) is 4.87. The Labute approximate surface area is 122 Å². The summed E-state index contributed by atoms with van der Waals surface area (Å²) in [5.74, 6) is 0.115. The van der Waals surface area contributed by atoms with Crippen LogP contribution in [0.1, 0.15) is 26.3 Å². The fraction of sp³-hybridized carbons (Fsp3) is 0.500. The van der Waals surface area contributed by atoms with E-state index >= 15 is 0 Å². The average molecular weight is 387 g/mol. The van der Waals surface area contributed by atoms with E-state index in [2.05, 4.69) is 62.7 Å². The van der Waals surface area contributed by atoms with Gasteiger partial charge >= 0.3 is 6.61 Å². The maximum Gasteiger partial charge on any atom is 0.387 e. The zero-order valence-electron chi connectivity index (χ0n) is 10.4. The average Bonchev–Trinajstić information content (AvgIpc) is 2.19. The largest absolute Gasteiger partial charge is 0.432 e. The Bertz CT molecular complexity index is 396. The minimum atomic E-state index is -2.84. The van der Waals surface area contributed by atoms with E-state index in [1.807, 2.05) is 0 Å². The van der Waals surface area contributed by atoms with Gasteiger partial charge in [-0.15, -0.1) is 0 Å². The van der Waals surface area contributed by atoms with Gasteiger partial charge in [-0.25, -0.2) is 0 Å². The van der Waals surface area contributed by atoms with Gasteiger partial charge in [-0.3, -0.25) is 0 Å². The summed E-state index contributed by atoms with van der Waals surface area (Å²) in [6, 6.07) is 3.53. The molecule has 0 aliphatic heterocycles. The number of nitrogens with one attached hydrogen (secondary N) is 1. The van der Waals surface area contributed by atoms with E-state index in [-0.39, 0.29) is 11.3 Å². The molecule has 1 aromatic rings. The molecule has 0 amide bonds. The van der Waals surface area contributed by atoms with Gasteiger partial charge in [0.25, 0.3) is 0 Å². The Morgan fingerprint density at radius 1 is 1.22 bits per heavy atom. The van der Waals surface area contributed by atoms with Crippen LogP contribution < -0.4 is 10.1 Å². The van der Waals surface area contributed by atoms with E-state index in [1.54, 1.807) is 12.1 Å². The van der Waals surface area contributed by atoms with Crippen LogP contribution in [0, 0.1) is 0 Å². The SMILES string of the molecule is CC(C)(C)NCc1cc(Br)c(OC(F)F)c(Br)c1. The summed E-state index contributed by atoms with van der Waals surface area (Å²) in [7, 11) is 0. The van der Waals surface area contributed by atoms with Crippen LogP contribution in [-0.4, -0.2) is 12.2 Å². The van der Waals surface area contributed by atoms with Crippen LogP contribution >= 0.6 is 31.9 Å². The summed E-state index contributed by atoms with van der Waals surface area (Å²) >= 11 is 6.46. The van der Waals surface area contributed by atoms with E-state index in [9.17, 15) is 8.78 Å². The predicted molar refractivity (Wildman–Crippen MR) is 75.1 cm³/mol. The number of halogens is 4. The number of hydrogen-bond donors (Lipinski definition) is 1. The van der Waals surface area contributed by atoms with Crippen LogP contribution in [0.4, 0.5) is 8.78 Å². The summed E-state index contributed by atoms with van der Waals surface area (Å²) in [6.07, 6.45) is 0. The second kappa shape index (κ2) is 6.30. The molecule has 0 saturated carbocycles. The van der Waals surface area contributed by atoms with Crippen molar-refractivity contribution in [2.24, 2.45) is 0 Å². The molecule has 1 N–H and O–H groups in total. The van der Waals surface area contributed by atoms with Gasteiger partial charge in [-0.1, -0.05) is 0 Å². The smallest absolute Gasteiger partial charge is 0.387 e. The lowest BCUT2D eigenvalue weighted by Gasteiger charge is -2.21. The Morgan fingerprint density at radius 2 is 1.72 bits per heavy atom. The number of hydrogen-bond acceptors (Lipinski definition) is 2. The molecule has 0 aromatic heterocycles. The number of alkyl halides is 2. The highest BCUT2D eigenvalue weighted by Crippen LogP contribution is 2.35. The molecule has 18 heavy (non-hydrogen) atoms. The fourth-order valence-corrected chi connectivity index (χ4v) is 2.75. The first-order valence-corrected chi connectivity index (χ1v) is 6.95. The standard InChI is InChI=1S/C12H15Br2F2NO/c1-12(2,3)17-6-7-4-8(13)10(9(14)5-7)18-11(15)16/h4-5,11,17H,6H2,1-3H3. The van der Waals surface area contributed by atoms with Crippen molar-refractivity contribution in [3.05, 3.63) is 26.6 Å². The summed E-state index contributed by atoms with van der Waals surface area (Å²) < 4.78 is 29.9. The van der Waals surface area contributed by atoms with Gasteiger partial charge in [0, 0.05) is 12.1 Å². The molecule has 0 saturated heterocycles. The van der Waals surface area contributed by atoms with Gasteiger partial charge in [-0.2, -0.15) is 8.78 Å². The molecule has 0 spiro atoms. The van der Waals surface area contributed by atoms with Crippen molar-refractivity contribution in [3.63, 3.8) is 0 Å². The highest BCUT2D eigenvalue weighted by atomic mass is 79.9. The molecule has 0 unspecified atom stereocenters. The molecule has 0 heterocycles. The van der Waals surface area contributed by atoms with Crippen molar-refractivity contribution < 1.29 is 13.5 Å². The molecule has 1 aromatic carbocycles. The van der Waals surface area contributed by atoms with E-state index in [0.29, 0.717) is 15.5 Å². The predicted octanol–water partition coefficient (Wildman–Crippen LogP) is 4.70. The van der Waals surface area contributed by atoms with Gasteiger partial charge in [0.15, 0.2) is 5.75 Å². The Kier molecular flexibility index (Phi) is 5.55. The summed E-state index contributed by atoms with van der Waals surface area (Å²) in [4.78, 5) is 0. The Hall–Kier alpha value is -0.200. The van der Waals surface area contributed by atoms with Crippen LogP contribution in [-0.2, 0) is 6.54 Å². The van der Waals surface area contributed by atoms with Crippen LogP contribution in [0.5, 0.6) is 5.75 Å². The third-order valence-electron chi connectivity index (χ3n) is 2.09. The zero-order valence-corrected chi connectivity index (χ0v) is 13.5. The highest BCUT2D eigenvalue weighted by molar-refractivity contribution is 9.11. The third-order valence-corrected chi connectivity index (χ3v) is 3.27. The van der Waals surface area contributed by atoms with Crippen molar-refractivity contribution in [1.82, 2.24) is 5.32 Å². The maximum absolute atomic E-state index is 12.2. The van der Waals surface area contributed by atoms with Crippen molar-refractivity contribution in [3.8, 4) is 5.75 Å². The first kappa shape index (κ1) is 15.9. The van der Waals surface area contributed by atoms with Gasteiger partial charge in [0.05, 0.1) is 8.95 Å². The summed E-state index contributed by atoms with van der Waals surface area (Å²) in [5.41, 5.74) is 0.974. The summed E-state index contributed by atoms with van der Waals surface area (Å²) in [6.45, 7) is 3.99. The monoisotopic (exact) mass is 385 g/mol. The number of rotatable bonds is 4. The zero-order chi connectivity index (χ0) is 13.9. The lowest BCUT2D eigenvalue weighted by molar-refractivity contribution is -0.0508. The fourth-order valence-electron chi connectivity index (χ4n) is 1.28. The Morgan fingerprint density at radius 3 is 2.11 bits per heavy atom. The van der Waals surface area contributed by atoms with E-state index in [1.165, 1.54) is 0 Å². The van der Waals surface area contributed by atoms with Crippen molar-refractivity contribution in [1.29, 1.82) is 0 Å². The van der Waals surface area contributed by atoms with Crippen LogP contribution in [0.15, 0.2) is 21.1 Å². The van der Waals surface area contributed by atoms with Crippen LogP contribution in [0.3, 0.4) is 0 Å². The molecule has 6 heteroatoms. The quantitative estimate of drug-likeness (QED) is 0.809. The third kappa shape index (κ3) is 5.20. The number of benzene rings is 1. The molecule has 0 bridgehead atoms. The summed E-state index contributed by atoms with van der Waals surface area (Å²) in [5, 5.41) is 3.32. The van der Waals surface area contributed by atoms with Gasteiger partial charge < -0.3 is 10.1 Å². The highest BCUT2D eigenvalue weighted by Gasteiger charge is 2.15. The molecule has 1 rings (SSSR count). The number of ether oxygens (including phenoxy) is 1. The van der Waals surface area contributed by atoms with E-state index < -0.39 is 6.61 Å². The minimum Gasteiger partial charge on any atom is -0.432 e. The lowest BCUT2D eigenvalue weighted by Crippen LogP contribution is -2.35. The molecule has 0 aliphatic rings. The maximum atomic E-state index is 12.2. The minimum absolute atomic E-state index is 0.00288. The second-order valence-corrected chi connectivity index (χ2v) is 6.58. The van der Waals surface area contributed by atoms with Crippen molar-refractivity contribution in [2.45, 2.75) is 39.5 Å². The molecule has 0 radical (unpaired) electrons. The molecule has 0 fully saturated rings. The van der Waals surface area contributed by atoms with Crippen LogP contribution in [0.25, 0.3) is 0 Å². The van der Waals surface area contributed by atoms with Gasteiger partial charge in [-0.05, 0) is 70.3 Å². The molecule has 2 nitrogen and oxygen atoms in total. The molecular formula is C12H15Br2F2NO. The van der Waals surface area contributed by atoms with E-state index in [0.717, 1.165) is 5.56 Å². The topological polar surface area (TPSA) is 21.3 Å². The molecule has 102 valence electrons. The van der Waals surface area contributed by atoms with Crippen molar-refractivity contribution in [2.75, 3.05) is 0 Å². The molecule has 0 aliphatic carbocycles. The molecular weight excluding hydrogens is 372 g/mol. The van der Waals surface area contributed by atoms with Crippen molar-refractivity contribution >= 4 is 31.9 Å². The van der Waals surface area contributed by atoms with Gasteiger partial charge in [0.1, 0.15) is 0 Å². The normalized spacial score (nSPS) is 12.0.